The van der Waals surface area contributed by atoms with Crippen molar-refractivity contribution in [2.24, 2.45) is 0 Å². The summed E-state index contributed by atoms with van der Waals surface area (Å²) in [5.41, 5.74) is -1.56. The second kappa shape index (κ2) is 4.31. The van der Waals surface area contributed by atoms with Gasteiger partial charge in [0.1, 0.15) is 5.60 Å². The molecule has 1 saturated heterocycles. The average molecular weight is 249 g/mol. The van der Waals surface area contributed by atoms with E-state index in [1.807, 2.05) is 0 Å². The SMILES string of the molecule is CC1(C)OC1(C(=O)[O-])c1cccc(Cl)c1.[Na+]. The zero-order chi connectivity index (χ0) is 11.3. The van der Waals surface area contributed by atoms with Crippen LogP contribution in [-0.2, 0) is 15.1 Å². The van der Waals surface area contributed by atoms with Crippen molar-refractivity contribution in [2.45, 2.75) is 25.0 Å². The number of benzene rings is 1. The number of carboxylic acids is 1. The maximum atomic E-state index is 11.1. The fourth-order valence-corrected chi connectivity index (χ4v) is 2.07. The maximum Gasteiger partial charge on any atom is 1.00 e. The van der Waals surface area contributed by atoms with Crippen LogP contribution in [0.15, 0.2) is 24.3 Å². The van der Waals surface area contributed by atoms with Gasteiger partial charge in [-0.25, -0.2) is 0 Å². The van der Waals surface area contributed by atoms with Crippen molar-refractivity contribution >= 4 is 17.6 Å². The van der Waals surface area contributed by atoms with Crippen molar-refractivity contribution in [3.8, 4) is 0 Å². The second-order valence-electron chi connectivity index (χ2n) is 4.09. The number of aliphatic carboxylic acids is 1. The van der Waals surface area contributed by atoms with Crippen LogP contribution in [0, 0.1) is 0 Å². The Bertz CT molecular complexity index is 433. The van der Waals surface area contributed by atoms with E-state index < -0.39 is 17.2 Å². The molecule has 0 spiro atoms. The Hall–Kier alpha value is -0.0600. The first-order chi connectivity index (χ1) is 6.90. The van der Waals surface area contributed by atoms with Gasteiger partial charge in [-0.3, -0.25) is 0 Å². The van der Waals surface area contributed by atoms with Gasteiger partial charge in [-0.05, 0) is 31.5 Å². The van der Waals surface area contributed by atoms with Crippen LogP contribution in [0.25, 0.3) is 0 Å². The molecule has 0 aliphatic carbocycles. The van der Waals surface area contributed by atoms with E-state index in [2.05, 4.69) is 0 Å². The van der Waals surface area contributed by atoms with Gasteiger partial charge in [0.15, 0.2) is 5.60 Å². The van der Waals surface area contributed by atoms with Crippen LogP contribution in [0.4, 0.5) is 0 Å². The molecule has 2 rings (SSSR count). The summed E-state index contributed by atoms with van der Waals surface area (Å²) < 4.78 is 5.27. The molecule has 1 unspecified atom stereocenters. The van der Waals surface area contributed by atoms with Crippen molar-refractivity contribution in [3.05, 3.63) is 34.9 Å². The fourth-order valence-electron chi connectivity index (χ4n) is 1.88. The Balaban J connectivity index is 0.00000128. The largest absolute Gasteiger partial charge is 1.00 e. The standard InChI is InChI=1S/C11H11ClO3.Na/c1-10(2)11(15-10,9(13)14)7-4-3-5-8(12)6-7;/h3-6H,1-2H3,(H,13,14);/q;+1/p-1. The quantitative estimate of drug-likeness (QED) is 0.454. The molecule has 0 saturated carbocycles. The molecule has 1 atom stereocenters. The summed E-state index contributed by atoms with van der Waals surface area (Å²) in [6.45, 7) is 3.42. The topological polar surface area (TPSA) is 52.7 Å². The molecular weight excluding hydrogens is 239 g/mol. The number of carbonyl (C=O) groups excluding carboxylic acids is 1. The van der Waals surface area contributed by atoms with E-state index in [4.69, 9.17) is 16.3 Å². The van der Waals surface area contributed by atoms with Gasteiger partial charge in [0, 0.05) is 5.02 Å². The Morgan fingerprint density at radius 1 is 1.44 bits per heavy atom. The summed E-state index contributed by atoms with van der Waals surface area (Å²) in [7, 11) is 0. The van der Waals surface area contributed by atoms with Gasteiger partial charge in [-0.2, -0.15) is 0 Å². The average Bonchev–Trinajstić information content (AvgIpc) is 2.71. The molecule has 1 aliphatic heterocycles. The molecule has 5 heteroatoms. The fraction of sp³-hybridized carbons (Fsp3) is 0.364. The van der Waals surface area contributed by atoms with Crippen LogP contribution < -0.4 is 34.7 Å². The minimum Gasteiger partial charge on any atom is -0.546 e. The normalized spacial score (nSPS) is 25.7. The summed E-state index contributed by atoms with van der Waals surface area (Å²) in [4.78, 5) is 11.1. The molecule has 80 valence electrons. The van der Waals surface area contributed by atoms with Crippen LogP contribution >= 0.6 is 11.6 Å². The third-order valence-electron chi connectivity index (χ3n) is 2.73. The van der Waals surface area contributed by atoms with E-state index in [1.54, 1.807) is 38.1 Å². The number of rotatable bonds is 2. The molecule has 16 heavy (non-hydrogen) atoms. The van der Waals surface area contributed by atoms with Crippen molar-refractivity contribution in [1.82, 2.24) is 0 Å². The smallest absolute Gasteiger partial charge is 0.546 e. The minimum atomic E-state index is -1.35. The first kappa shape index (κ1) is 14.0. The number of epoxide rings is 1. The van der Waals surface area contributed by atoms with E-state index in [1.165, 1.54) is 0 Å². The van der Waals surface area contributed by atoms with Crippen LogP contribution in [0.3, 0.4) is 0 Å². The van der Waals surface area contributed by atoms with Gasteiger partial charge in [0.05, 0.1) is 5.97 Å². The monoisotopic (exact) mass is 248 g/mol. The predicted molar refractivity (Wildman–Crippen MR) is 53.3 cm³/mol. The Morgan fingerprint density at radius 2 is 2.00 bits per heavy atom. The Morgan fingerprint density at radius 3 is 2.38 bits per heavy atom. The van der Waals surface area contributed by atoms with Crippen LogP contribution in [0.1, 0.15) is 19.4 Å². The molecule has 3 nitrogen and oxygen atoms in total. The summed E-state index contributed by atoms with van der Waals surface area (Å²) in [6.07, 6.45) is 0. The number of hydrogen-bond acceptors (Lipinski definition) is 3. The zero-order valence-electron chi connectivity index (χ0n) is 9.41. The van der Waals surface area contributed by atoms with Gasteiger partial charge in [0.25, 0.3) is 0 Å². The third kappa shape index (κ3) is 1.91. The molecule has 1 aromatic rings. The minimum absolute atomic E-state index is 0. The molecule has 0 amide bonds. The molecule has 1 heterocycles. The van der Waals surface area contributed by atoms with Gasteiger partial charge in [0.2, 0.25) is 0 Å². The number of ether oxygens (including phenoxy) is 1. The van der Waals surface area contributed by atoms with Gasteiger partial charge in [-0.15, -0.1) is 0 Å². The molecule has 0 aromatic heterocycles. The summed E-state index contributed by atoms with van der Waals surface area (Å²) >= 11 is 5.81. The van der Waals surface area contributed by atoms with Gasteiger partial charge >= 0.3 is 29.6 Å². The first-order valence-electron chi connectivity index (χ1n) is 4.58. The molecule has 0 N–H and O–H groups in total. The number of hydrogen-bond donors (Lipinski definition) is 0. The molecular formula is C11H10ClNaO3. The van der Waals surface area contributed by atoms with Crippen LogP contribution in [0.2, 0.25) is 5.02 Å². The van der Waals surface area contributed by atoms with E-state index in [-0.39, 0.29) is 29.6 Å². The maximum absolute atomic E-state index is 11.1. The number of carboxylic acid groups (broad SMARTS) is 1. The van der Waals surface area contributed by atoms with E-state index in [0.29, 0.717) is 10.6 Å². The van der Waals surface area contributed by atoms with Crippen molar-refractivity contribution < 1.29 is 44.2 Å². The van der Waals surface area contributed by atoms with Crippen molar-refractivity contribution in [2.75, 3.05) is 0 Å². The predicted octanol–water partition coefficient (Wildman–Crippen LogP) is -1.90. The molecule has 1 fully saturated rings. The van der Waals surface area contributed by atoms with E-state index in [0.717, 1.165) is 0 Å². The number of halogens is 1. The summed E-state index contributed by atoms with van der Waals surface area (Å²) in [5, 5.41) is 11.6. The first-order valence-corrected chi connectivity index (χ1v) is 4.95. The van der Waals surface area contributed by atoms with Gasteiger partial charge < -0.3 is 14.6 Å². The third-order valence-corrected chi connectivity index (χ3v) is 2.97. The molecule has 1 aromatic carbocycles. The summed E-state index contributed by atoms with van der Waals surface area (Å²) in [6, 6.07) is 6.64. The zero-order valence-corrected chi connectivity index (χ0v) is 12.2. The Kier molecular flexibility index (Phi) is 3.78. The Labute approximate surface area is 121 Å². The summed E-state index contributed by atoms with van der Waals surface area (Å²) in [5.74, 6) is -1.23. The van der Waals surface area contributed by atoms with Crippen LogP contribution in [-0.4, -0.2) is 11.6 Å². The molecule has 1 aliphatic rings. The van der Waals surface area contributed by atoms with Crippen molar-refractivity contribution in [3.63, 3.8) is 0 Å². The molecule has 0 radical (unpaired) electrons. The van der Waals surface area contributed by atoms with Crippen LogP contribution in [0.5, 0.6) is 0 Å². The van der Waals surface area contributed by atoms with Crippen molar-refractivity contribution in [1.29, 1.82) is 0 Å². The van der Waals surface area contributed by atoms with Gasteiger partial charge in [-0.1, -0.05) is 23.7 Å². The number of carbonyl (C=O) groups is 1. The van der Waals surface area contributed by atoms with E-state index in [9.17, 15) is 9.90 Å². The molecule has 0 bridgehead atoms. The second-order valence-corrected chi connectivity index (χ2v) is 4.53. The van der Waals surface area contributed by atoms with E-state index >= 15 is 0 Å².